The molecule has 5 nitrogen and oxygen atoms in total. The van der Waals surface area contributed by atoms with Crippen molar-refractivity contribution in [3.8, 4) is 11.5 Å². The second kappa shape index (κ2) is 7.61. The van der Waals surface area contributed by atoms with Crippen molar-refractivity contribution in [2.24, 2.45) is 0 Å². The second-order valence-corrected chi connectivity index (χ2v) is 6.47. The van der Waals surface area contributed by atoms with Gasteiger partial charge < -0.3 is 9.47 Å². The van der Waals surface area contributed by atoms with Crippen molar-refractivity contribution in [2.75, 3.05) is 14.2 Å². The third kappa shape index (κ3) is 3.57. The SMILES string of the molecule is COc1ccc(/C=C2\SC(=O)N(Cc3ccccc3F)C2=O)cc1OC. The summed E-state index contributed by atoms with van der Waals surface area (Å²) in [6.07, 6.45) is 1.61. The molecule has 0 spiro atoms. The van der Waals surface area contributed by atoms with E-state index in [1.807, 2.05) is 0 Å². The lowest BCUT2D eigenvalue weighted by Gasteiger charge is -2.12. The number of amides is 2. The monoisotopic (exact) mass is 373 g/mol. The zero-order valence-corrected chi connectivity index (χ0v) is 15.0. The predicted molar refractivity (Wildman–Crippen MR) is 97.5 cm³/mol. The van der Waals surface area contributed by atoms with Crippen LogP contribution in [0.1, 0.15) is 11.1 Å². The van der Waals surface area contributed by atoms with Gasteiger partial charge in [0, 0.05) is 5.56 Å². The van der Waals surface area contributed by atoms with Crippen molar-refractivity contribution in [3.05, 3.63) is 64.3 Å². The van der Waals surface area contributed by atoms with Crippen LogP contribution < -0.4 is 9.47 Å². The Kier molecular flexibility index (Phi) is 5.27. The molecule has 26 heavy (non-hydrogen) atoms. The number of thioether (sulfide) groups is 1. The topological polar surface area (TPSA) is 55.8 Å². The van der Waals surface area contributed by atoms with Gasteiger partial charge in [-0.15, -0.1) is 0 Å². The predicted octanol–water partition coefficient (Wildman–Crippen LogP) is 4.08. The van der Waals surface area contributed by atoms with Gasteiger partial charge in [-0.25, -0.2) is 4.39 Å². The Labute approximate surface area is 154 Å². The number of carbonyl (C=O) groups is 2. The van der Waals surface area contributed by atoms with Crippen molar-refractivity contribution in [3.63, 3.8) is 0 Å². The molecule has 1 aliphatic rings. The van der Waals surface area contributed by atoms with E-state index in [-0.39, 0.29) is 11.4 Å². The normalized spacial score (nSPS) is 15.7. The zero-order chi connectivity index (χ0) is 18.7. The lowest BCUT2D eigenvalue weighted by molar-refractivity contribution is -0.123. The van der Waals surface area contributed by atoms with E-state index in [1.165, 1.54) is 20.3 Å². The first-order valence-electron chi connectivity index (χ1n) is 7.74. The van der Waals surface area contributed by atoms with E-state index in [2.05, 4.69) is 0 Å². The van der Waals surface area contributed by atoms with Crippen LogP contribution in [-0.4, -0.2) is 30.3 Å². The summed E-state index contributed by atoms with van der Waals surface area (Å²) in [5.41, 5.74) is 0.987. The average Bonchev–Trinajstić information content (AvgIpc) is 2.90. The number of rotatable bonds is 5. The van der Waals surface area contributed by atoms with Crippen LogP contribution in [0.25, 0.3) is 6.08 Å². The number of hydrogen-bond acceptors (Lipinski definition) is 5. The number of carbonyl (C=O) groups excluding carboxylic acids is 2. The Hall–Kier alpha value is -2.80. The third-order valence-electron chi connectivity index (χ3n) is 3.87. The standard InChI is InChI=1S/C19H16FNO4S/c1-24-15-8-7-12(9-16(15)25-2)10-17-18(22)21(19(23)26-17)11-13-5-3-4-6-14(13)20/h3-10H,11H2,1-2H3/b17-10-. The van der Waals surface area contributed by atoms with Gasteiger partial charge in [0.25, 0.3) is 11.1 Å². The first-order chi connectivity index (χ1) is 12.5. The minimum Gasteiger partial charge on any atom is -0.493 e. The molecule has 134 valence electrons. The fourth-order valence-corrected chi connectivity index (χ4v) is 3.37. The van der Waals surface area contributed by atoms with Crippen LogP contribution in [0.5, 0.6) is 11.5 Å². The molecule has 0 unspecified atom stereocenters. The van der Waals surface area contributed by atoms with Gasteiger partial charge in [-0.3, -0.25) is 14.5 Å². The summed E-state index contributed by atoms with van der Waals surface area (Å²) in [6.45, 7) is -0.0966. The molecule has 1 fully saturated rings. The van der Waals surface area contributed by atoms with Crippen LogP contribution in [0.2, 0.25) is 0 Å². The maximum Gasteiger partial charge on any atom is 0.293 e. The minimum atomic E-state index is -0.449. The maximum atomic E-state index is 13.8. The molecule has 1 aliphatic heterocycles. The van der Waals surface area contributed by atoms with Gasteiger partial charge in [0.15, 0.2) is 11.5 Å². The van der Waals surface area contributed by atoms with E-state index in [0.717, 1.165) is 16.7 Å². The molecule has 1 saturated heterocycles. The molecule has 0 radical (unpaired) electrons. The smallest absolute Gasteiger partial charge is 0.293 e. The summed E-state index contributed by atoms with van der Waals surface area (Å²) in [6, 6.07) is 11.3. The number of nitrogens with zero attached hydrogens (tertiary/aromatic N) is 1. The summed E-state index contributed by atoms with van der Waals surface area (Å²) in [5.74, 6) is 0.192. The molecule has 2 amide bonds. The molecule has 0 bridgehead atoms. The highest BCUT2D eigenvalue weighted by atomic mass is 32.2. The van der Waals surface area contributed by atoms with E-state index in [9.17, 15) is 14.0 Å². The summed E-state index contributed by atoms with van der Waals surface area (Å²) in [7, 11) is 3.05. The van der Waals surface area contributed by atoms with Crippen molar-refractivity contribution < 1.29 is 23.5 Å². The Bertz CT molecular complexity index is 897. The van der Waals surface area contributed by atoms with Crippen LogP contribution >= 0.6 is 11.8 Å². The van der Waals surface area contributed by atoms with Gasteiger partial charge >= 0.3 is 0 Å². The Morgan fingerprint density at radius 1 is 1.08 bits per heavy atom. The second-order valence-electron chi connectivity index (χ2n) is 5.47. The van der Waals surface area contributed by atoms with Gasteiger partial charge in [0.05, 0.1) is 25.7 Å². The number of methoxy groups -OCH3 is 2. The molecule has 0 atom stereocenters. The first kappa shape index (κ1) is 18.0. The van der Waals surface area contributed by atoms with Crippen molar-refractivity contribution >= 4 is 29.0 Å². The Balaban J connectivity index is 1.84. The number of benzene rings is 2. The molecule has 2 aromatic rings. The van der Waals surface area contributed by atoms with Crippen LogP contribution in [-0.2, 0) is 11.3 Å². The van der Waals surface area contributed by atoms with Crippen molar-refractivity contribution in [1.29, 1.82) is 0 Å². The number of ether oxygens (including phenoxy) is 2. The van der Waals surface area contributed by atoms with Gasteiger partial charge in [-0.2, -0.15) is 0 Å². The molecular weight excluding hydrogens is 357 g/mol. The summed E-state index contributed by atoms with van der Waals surface area (Å²) >= 11 is 0.829. The van der Waals surface area contributed by atoms with Crippen molar-refractivity contribution in [2.45, 2.75) is 6.54 Å². The molecule has 0 aromatic heterocycles. The van der Waals surface area contributed by atoms with E-state index < -0.39 is 17.0 Å². The van der Waals surface area contributed by atoms with Crippen LogP contribution in [0.15, 0.2) is 47.4 Å². The maximum absolute atomic E-state index is 13.8. The Morgan fingerprint density at radius 2 is 1.81 bits per heavy atom. The summed E-state index contributed by atoms with van der Waals surface area (Å²) in [4.78, 5) is 26.0. The molecule has 7 heteroatoms. The third-order valence-corrected chi connectivity index (χ3v) is 4.77. The highest BCUT2D eigenvalue weighted by Gasteiger charge is 2.35. The molecular formula is C19H16FNO4S. The number of halogens is 1. The minimum absolute atomic E-state index is 0.0966. The highest BCUT2D eigenvalue weighted by molar-refractivity contribution is 8.18. The van der Waals surface area contributed by atoms with Crippen LogP contribution in [0, 0.1) is 5.82 Å². The summed E-state index contributed by atoms with van der Waals surface area (Å²) in [5, 5.41) is -0.426. The fourth-order valence-electron chi connectivity index (χ4n) is 2.53. The van der Waals surface area contributed by atoms with E-state index in [4.69, 9.17) is 9.47 Å². The van der Waals surface area contributed by atoms with Crippen LogP contribution in [0.3, 0.4) is 0 Å². The average molecular weight is 373 g/mol. The van der Waals surface area contributed by atoms with Crippen molar-refractivity contribution in [1.82, 2.24) is 4.90 Å². The molecule has 3 rings (SSSR count). The van der Waals surface area contributed by atoms with E-state index in [1.54, 1.807) is 42.5 Å². The largest absolute Gasteiger partial charge is 0.493 e. The highest BCUT2D eigenvalue weighted by Crippen LogP contribution is 2.35. The number of hydrogen-bond donors (Lipinski definition) is 0. The Morgan fingerprint density at radius 3 is 2.50 bits per heavy atom. The van der Waals surface area contributed by atoms with Gasteiger partial charge in [0.1, 0.15) is 5.82 Å². The van der Waals surface area contributed by atoms with E-state index in [0.29, 0.717) is 22.6 Å². The number of imide groups is 1. The zero-order valence-electron chi connectivity index (χ0n) is 14.2. The molecule has 0 N–H and O–H groups in total. The fraction of sp³-hybridized carbons (Fsp3) is 0.158. The quantitative estimate of drug-likeness (QED) is 0.739. The summed E-state index contributed by atoms with van der Waals surface area (Å²) < 4.78 is 24.2. The lowest BCUT2D eigenvalue weighted by Crippen LogP contribution is -2.27. The van der Waals surface area contributed by atoms with Crippen LogP contribution in [0.4, 0.5) is 9.18 Å². The lowest BCUT2D eigenvalue weighted by atomic mass is 10.1. The molecule has 0 aliphatic carbocycles. The van der Waals surface area contributed by atoms with E-state index >= 15 is 0 Å². The van der Waals surface area contributed by atoms with Gasteiger partial charge in [-0.05, 0) is 41.6 Å². The molecule has 1 heterocycles. The molecule has 2 aromatic carbocycles. The molecule has 0 saturated carbocycles. The van der Waals surface area contributed by atoms with Gasteiger partial charge in [0.2, 0.25) is 0 Å². The first-order valence-corrected chi connectivity index (χ1v) is 8.56. The van der Waals surface area contributed by atoms with Gasteiger partial charge in [-0.1, -0.05) is 24.3 Å².